The fraction of sp³-hybridized carbons (Fsp3) is 0.889. The summed E-state index contributed by atoms with van der Waals surface area (Å²) in [4.78, 5) is 9.96. The number of hydrogen-bond donors (Lipinski definition) is 0. The van der Waals surface area contributed by atoms with Gasteiger partial charge in [-0.2, -0.15) is 0 Å². The van der Waals surface area contributed by atoms with Crippen LogP contribution in [-0.2, 0) is 4.79 Å². The Balaban J connectivity index is -0.000000135. The van der Waals surface area contributed by atoms with Crippen LogP contribution in [-0.4, -0.2) is 29.3 Å². The number of unbranched alkanes of at least 4 members (excludes halogenated alkanes) is 1. The minimum absolute atomic E-state index is 0. The Morgan fingerprint density at radius 1 is 1.36 bits per heavy atom. The average molecular weight is 169 g/mol. The number of hydrogen-bond acceptors (Lipinski definition) is 1. The summed E-state index contributed by atoms with van der Waals surface area (Å²) in [6, 6.07) is 0. The zero-order valence-corrected chi connectivity index (χ0v) is 9.22. The second kappa shape index (κ2) is 10.4. The van der Waals surface area contributed by atoms with Crippen molar-refractivity contribution in [3.05, 3.63) is 0 Å². The van der Waals surface area contributed by atoms with E-state index in [-0.39, 0.29) is 25.9 Å². The monoisotopic (exact) mass is 168 g/mol. The van der Waals surface area contributed by atoms with Gasteiger partial charge in [-0.05, 0) is 12.3 Å². The van der Waals surface area contributed by atoms with Gasteiger partial charge in [-0.3, -0.25) is 0 Å². The summed E-state index contributed by atoms with van der Waals surface area (Å²) >= 11 is 0. The van der Waals surface area contributed by atoms with Crippen LogP contribution in [0.4, 0.5) is 0 Å². The molecule has 0 N–H and O–H groups in total. The molecule has 0 aliphatic rings. The molecule has 0 aromatic carbocycles. The van der Waals surface area contributed by atoms with Crippen molar-refractivity contribution >= 4 is 29.3 Å². The summed E-state index contributed by atoms with van der Waals surface area (Å²) in [6.45, 7) is 4.43. The Kier molecular flexibility index (Phi) is 13.3. The molecule has 0 atom stereocenters. The Morgan fingerprint density at radius 3 is 2.27 bits per heavy atom. The van der Waals surface area contributed by atoms with Gasteiger partial charge in [-0.1, -0.05) is 33.1 Å². The van der Waals surface area contributed by atoms with Crippen molar-refractivity contribution in [2.45, 2.75) is 46.0 Å². The number of carbonyl (C=O) groups excluding carboxylic acids is 1. The topological polar surface area (TPSA) is 17.1 Å². The summed E-state index contributed by atoms with van der Waals surface area (Å²) in [5, 5.41) is 0. The van der Waals surface area contributed by atoms with E-state index in [9.17, 15) is 4.79 Å². The van der Waals surface area contributed by atoms with Crippen molar-refractivity contribution in [3.8, 4) is 0 Å². The molecule has 11 heavy (non-hydrogen) atoms. The summed E-state index contributed by atoms with van der Waals surface area (Å²) in [5.74, 6) is 0.847. The third-order valence-corrected chi connectivity index (χ3v) is 2.09. The van der Waals surface area contributed by atoms with Crippen molar-refractivity contribution in [2.75, 3.05) is 0 Å². The molecule has 0 heterocycles. The molecule has 0 unspecified atom stereocenters. The van der Waals surface area contributed by atoms with Gasteiger partial charge in [0.25, 0.3) is 0 Å². The molecule has 0 aromatic heterocycles. The molecule has 0 spiro atoms. The smallest absolute Gasteiger partial charge is 1.00 e. The Bertz CT molecular complexity index is 87.7. The fourth-order valence-electron chi connectivity index (χ4n) is 1.19. The minimum Gasteiger partial charge on any atom is -1.00 e. The van der Waals surface area contributed by atoms with E-state index >= 15 is 0 Å². The van der Waals surface area contributed by atoms with Crippen molar-refractivity contribution in [1.82, 2.24) is 0 Å². The summed E-state index contributed by atoms with van der Waals surface area (Å²) < 4.78 is 0. The van der Waals surface area contributed by atoms with Crippen LogP contribution in [0.1, 0.15) is 48.8 Å². The summed E-state index contributed by atoms with van der Waals surface area (Å²) in [5.41, 5.74) is 0. The maximum absolute atomic E-state index is 9.96. The maximum atomic E-state index is 9.96. The van der Waals surface area contributed by atoms with Crippen LogP contribution in [0.3, 0.4) is 0 Å². The molecule has 0 fully saturated rings. The summed E-state index contributed by atoms with van der Waals surface area (Å²) in [7, 11) is 0. The van der Waals surface area contributed by atoms with Gasteiger partial charge >= 0.3 is 23.1 Å². The van der Waals surface area contributed by atoms with Gasteiger partial charge in [0.05, 0.1) is 0 Å². The molecule has 0 aliphatic heterocycles. The molecule has 0 radical (unpaired) electrons. The van der Waals surface area contributed by atoms with Gasteiger partial charge in [0.1, 0.15) is 6.29 Å². The fourth-order valence-corrected chi connectivity index (χ4v) is 1.19. The molecule has 0 aliphatic carbocycles. The van der Waals surface area contributed by atoms with E-state index < -0.39 is 0 Å². The molecule has 0 rings (SSSR count). The van der Waals surface area contributed by atoms with Gasteiger partial charge in [0.15, 0.2) is 0 Å². The van der Waals surface area contributed by atoms with Crippen LogP contribution >= 0.6 is 0 Å². The zero-order chi connectivity index (χ0) is 7.82. The predicted octanol–water partition coefficient (Wildman–Crippen LogP) is 2.64. The number of rotatable bonds is 6. The molecule has 0 saturated carbocycles. The Labute approximate surface area is 89.1 Å². The molecular weight excluding hydrogens is 148 g/mol. The molecule has 0 aromatic rings. The third-order valence-electron chi connectivity index (χ3n) is 2.09. The molecule has 64 valence electrons. The first-order chi connectivity index (χ1) is 4.85. The second-order valence-corrected chi connectivity index (χ2v) is 2.78. The predicted molar refractivity (Wildman–Crippen MR) is 52.0 cm³/mol. The second-order valence-electron chi connectivity index (χ2n) is 2.78. The number of aldehydes is 1. The summed E-state index contributed by atoms with van der Waals surface area (Å²) in [6.07, 6.45) is 6.59. The average Bonchev–Trinajstić information content (AvgIpc) is 1.99. The van der Waals surface area contributed by atoms with E-state index in [1.54, 1.807) is 0 Å². The van der Waals surface area contributed by atoms with Crippen LogP contribution in [0.15, 0.2) is 0 Å². The van der Waals surface area contributed by atoms with E-state index in [1.165, 1.54) is 19.3 Å². The zero-order valence-electron chi connectivity index (χ0n) is 9.81. The van der Waals surface area contributed by atoms with Gasteiger partial charge in [0, 0.05) is 6.42 Å². The normalized spacial score (nSPS) is 9.36. The van der Waals surface area contributed by atoms with E-state index in [0.717, 1.165) is 25.0 Å². The molecular formula is C9H20MgO. The Hall–Kier alpha value is 0.436. The first kappa shape index (κ1) is 14.0. The van der Waals surface area contributed by atoms with Crippen LogP contribution in [0.2, 0.25) is 0 Å². The van der Waals surface area contributed by atoms with E-state index in [2.05, 4.69) is 13.8 Å². The van der Waals surface area contributed by atoms with Gasteiger partial charge in [-0.25, -0.2) is 0 Å². The molecule has 0 bridgehead atoms. The van der Waals surface area contributed by atoms with Crippen molar-refractivity contribution in [3.63, 3.8) is 0 Å². The van der Waals surface area contributed by atoms with Crippen LogP contribution < -0.4 is 0 Å². The maximum Gasteiger partial charge on any atom is 2.00 e. The molecule has 2 heteroatoms. The quantitative estimate of drug-likeness (QED) is 0.339. The van der Waals surface area contributed by atoms with Gasteiger partial charge in [0.2, 0.25) is 0 Å². The van der Waals surface area contributed by atoms with E-state index in [1.807, 2.05) is 0 Å². The molecule has 0 amide bonds. The van der Waals surface area contributed by atoms with E-state index in [0.29, 0.717) is 0 Å². The van der Waals surface area contributed by atoms with Gasteiger partial charge in [-0.15, -0.1) is 0 Å². The standard InChI is InChI=1S/C9H18O.Mg.2H/c1-3-9(4-2)7-5-6-8-10;;;/h8-9H,3-7H2,1-2H3;;;/q;+2;2*-1. The Morgan fingerprint density at radius 2 is 1.91 bits per heavy atom. The molecule has 0 saturated heterocycles. The van der Waals surface area contributed by atoms with Crippen molar-refractivity contribution in [2.24, 2.45) is 5.92 Å². The van der Waals surface area contributed by atoms with Gasteiger partial charge < -0.3 is 7.65 Å². The SMILES string of the molecule is CCC(CC)CCCC=O.[H-].[H-].[Mg+2]. The third kappa shape index (κ3) is 8.34. The van der Waals surface area contributed by atoms with Crippen molar-refractivity contribution in [1.29, 1.82) is 0 Å². The first-order valence-corrected chi connectivity index (χ1v) is 4.28. The molecule has 1 nitrogen and oxygen atoms in total. The first-order valence-electron chi connectivity index (χ1n) is 4.28. The largest absolute Gasteiger partial charge is 2.00 e. The van der Waals surface area contributed by atoms with Crippen molar-refractivity contribution < 1.29 is 7.65 Å². The van der Waals surface area contributed by atoms with Crippen LogP contribution in [0.25, 0.3) is 0 Å². The number of carbonyl (C=O) groups is 1. The van der Waals surface area contributed by atoms with Crippen LogP contribution in [0, 0.1) is 5.92 Å². The van der Waals surface area contributed by atoms with E-state index in [4.69, 9.17) is 0 Å². The van der Waals surface area contributed by atoms with Crippen LogP contribution in [0.5, 0.6) is 0 Å². The minimum atomic E-state index is 0.